The third kappa shape index (κ3) is 5.08. The zero-order chi connectivity index (χ0) is 20.1. The van der Waals surface area contributed by atoms with Gasteiger partial charge in [-0.3, -0.25) is 9.59 Å². The zero-order valence-corrected chi connectivity index (χ0v) is 14.7. The van der Waals surface area contributed by atoms with Crippen LogP contribution in [0.2, 0.25) is 0 Å². The lowest BCUT2D eigenvalue weighted by atomic mass is 10.1. The molecule has 1 heterocycles. The van der Waals surface area contributed by atoms with Gasteiger partial charge in [0.05, 0.1) is 12.2 Å². The van der Waals surface area contributed by atoms with E-state index in [0.29, 0.717) is 31.1 Å². The number of carbonyl (C=O) groups excluding carboxylic acids is 2. The Hall–Kier alpha value is -2.91. The Kier molecular flexibility index (Phi) is 5.96. The number of carbonyl (C=O) groups is 2. The van der Waals surface area contributed by atoms with Gasteiger partial charge in [0, 0.05) is 30.0 Å². The van der Waals surface area contributed by atoms with Crippen LogP contribution in [0.4, 0.5) is 24.5 Å². The molecule has 3 N–H and O–H groups in total. The minimum Gasteiger partial charge on any atom is -0.366 e. The van der Waals surface area contributed by atoms with Crippen LogP contribution >= 0.6 is 0 Å². The first-order chi connectivity index (χ1) is 13.3. The van der Waals surface area contributed by atoms with Gasteiger partial charge < -0.3 is 20.7 Å². The smallest absolute Gasteiger partial charge is 0.366 e. The Labute approximate surface area is 159 Å². The molecule has 1 fully saturated rings. The van der Waals surface area contributed by atoms with Gasteiger partial charge in [0.15, 0.2) is 0 Å². The number of halogens is 3. The van der Waals surface area contributed by atoms with Gasteiger partial charge in [-0.25, -0.2) is 0 Å². The minimum atomic E-state index is -4.53. The van der Waals surface area contributed by atoms with Crippen LogP contribution in [0.3, 0.4) is 0 Å². The SMILES string of the molecule is O=C(Nc1cccc(NC(=O)C2CNCCO2)c1)c1cccc(C(F)(F)F)c1. The summed E-state index contributed by atoms with van der Waals surface area (Å²) in [6.45, 7) is 1.52. The summed E-state index contributed by atoms with van der Waals surface area (Å²) >= 11 is 0. The van der Waals surface area contributed by atoms with Crippen molar-refractivity contribution < 1.29 is 27.5 Å². The maximum atomic E-state index is 12.8. The summed E-state index contributed by atoms with van der Waals surface area (Å²) in [6.07, 6.45) is -5.15. The number of anilines is 2. The number of nitrogens with one attached hydrogen (secondary N) is 3. The highest BCUT2D eigenvalue weighted by molar-refractivity contribution is 6.05. The molecule has 2 aromatic rings. The highest BCUT2D eigenvalue weighted by Gasteiger charge is 2.31. The third-order valence-corrected chi connectivity index (χ3v) is 4.06. The van der Waals surface area contributed by atoms with Crippen LogP contribution in [-0.2, 0) is 15.7 Å². The Morgan fingerprint density at radius 2 is 1.75 bits per heavy atom. The van der Waals surface area contributed by atoms with Gasteiger partial charge in [0.2, 0.25) is 0 Å². The fraction of sp³-hybridized carbons (Fsp3) is 0.263. The van der Waals surface area contributed by atoms with E-state index in [0.717, 1.165) is 12.1 Å². The number of rotatable bonds is 4. The molecule has 1 atom stereocenters. The largest absolute Gasteiger partial charge is 0.416 e. The maximum Gasteiger partial charge on any atom is 0.416 e. The predicted molar refractivity (Wildman–Crippen MR) is 97.1 cm³/mol. The van der Waals surface area contributed by atoms with Crippen molar-refractivity contribution in [3.63, 3.8) is 0 Å². The van der Waals surface area contributed by atoms with Gasteiger partial charge in [-0.15, -0.1) is 0 Å². The lowest BCUT2D eigenvalue weighted by Gasteiger charge is -2.22. The molecule has 148 valence electrons. The second kappa shape index (κ2) is 8.41. The number of benzene rings is 2. The number of alkyl halides is 3. The summed E-state index contributed by atoms with van der Waals surface area (Å²) in [5.41, 5.74) is -0.253. The highest BCUT2D eigenvalue weighted by Crippen LogP contribution is 2.29. The Balaban J connectivity index is 1.67. The van der Waals surface area contributed by atoms with Crippen molar-refractivity contribution in [2.45, 2.75) is 12.3 Å². The lowest BCUT2D eigenvalue weighted by molar-refractivity contribution is -0.137. The molecule has 0 aromatic heterocycles. The first-order valence-corrected chi connectivity index (χ1v) is 8.55. The second-order valence-electron chi connectivity index (χ2n) is 6.17. The van der Waals surface area contributed by atoms with Crippen molar-refractivity contribution in [3.05, 3.63) is 59.7 Å². The highest BCUT2D eigenvalue weighted by atomic mass is 19.4. The fourth-order valence-corrected chi connectivity index (χ4v) is 2.67. The predicted octanol–water partition coefficient (Wildman–Crippen LogP) is 2.88. The van der Waals surface area contributed by atoms with Crippen LogP contribution in [0.25, 0.3) is 0 Å². The van der Waals surface area contributed by atoms with Crippen molar-refractivity contribution >= 4 is 23.2 Å². The summed E-state index contributed by atoms with van der Waals surface area (Å²) in [5, 5.41) is 8.27. The maximum absolute atomic E-state index is 12.8. The van der Waals surface area contributed by atoms with E-state index in [1.807, 2.05) is 0 Å². The third-order valence-electron chi connectivity index (χ3n) is 4.06. The van der Waals surface area contributed by atoms with E-state index < -0.39 is 23.8 Å². The van der Waals surface area contributed by atoms with E-state index in [4.69, 9.17) is 4.74 Å². The van der Waals surface area contributed by atoms with Gasteiger partial charge in [0.25, 0.3) is 11.8 Å². The topological polar surface area (TPSA) is 79.5 Å². The van der Waals surface area contributed by atoms with Crippen molar-refractivity contribution in [2.75, 3.05) is 30.3 Å². The number of morpholine rings is 1. The van der Waals surface area contributed by atoms with Crippen LogP contribution in [0.5, 0.6) is 0 Å². The number of hydrogen-bond donors (Lipinski definition) is 3. The number of ether oxygens (including phenoxy) is 1. The average Bonchev–Trinajstić information content (AvgIpc) is 2.68. The molecule has 1 saturated heterocycles. The zero-order valence-electron chi connectivity index (χ0n) is 14.7. The monoisotopic (exact) mass is 393 g/mol. The van der Waals surface area contributed by atoms with E-state index in [1.165, 1.54) is 18.2 Å². The summed E-state index contributed by atoms with van der Waals surface area (Å²) in [6, 6.07) is 10.5. The molecule has 0 saturated carbocycles. The molecule has 0 aliphatic carbocycles. The minimum absolute atomic E-state index is 0.119. The summed E-state index contributed by atoms with van der Waals surface area (Å²) in [7, 11) is 0. The molecular formula is C19H18F3N3O3. The summed E-state index contributed by atoms with van der Waals surface area (Å²) in [4.78, 5) is 24.5. The van der Waals surface area contributed by atoms with E-state index in [9.17, 15) is 22.8 Å². The standard InChI is InChI=1S/C19H18F3N3O3/c20-19(21,22)13-4-1-3-12(9-13)17(26)24-14-5-2-6-15(10-14)25-18(27)16-11-23-7-8-28-16/h1-6,9-10,16,23H,7-8,11H2,(H,24,26)(H,25,27). The molecule has 9 heteroatoms. The van der Waals surface area contributed by atoms with E-state index in [1.54, 1.807) is 18.2 Å². The van der Waals surface area contributed by atoms with Crippen LogP contribution in [0.15, 0.2) is 48.5 Å². The van der Waals surface area contributed by atoms with Crippen molar-refractivity contribution in [1.29, 1.82) is 0 Å². The molecular weight excluding hydrogens is 375 g/mol. The van der Waals surface area contributed by atoms with Crippen LogP contribution in [-0.4, -0.2) is 37.6 Å². The van der Waals surface area contributed by atoms with Gasteiger partial charge in [-0.05, 0) is 36.4 Å². The Morgan fingerprint density at radius 3 is 2.43 bits per heavy atom. The van der Waals surface area contributed by atoms with Crippen molar-refractivity contribution in [1.82, 2.24) is 5.32 Å². The number of hydrogen-bond acceptors (Lipinski definition) is 4. The Morgan fingerprint density at radius 1 is 1.04 bits per heavy atom. The van der Waals surface area contributed by atoms with E-state index in [-0.39, 0.29) is 11.5 Å². The van der Waals surface area contributed by atoms with Gasteiger partial charge in [0.1, 0.15) is 6.10 Å². The van der Waals surface area contributed by atoms with Crippen LogP contribution < -0.4 is 16.0 Å². The normalized spacial score (nSPS) is 17.0. The fourth-order valence-electron chi connectivity index (χ4n) is 2.67. The van der Waals surface area contributed by atoms with E-state index >= 15 is 0 Å². The molecule has 2 aromatic carbocycles. The molecule has 28 heavy (non-hydrogen) atoms. The molecule has 1 aliphatic rings. The van der Waals surface area contributed by atoms with Crippen molar-refractivity contribution in [2.24, 2.45) is 0 Å². The molecule has 0 spiro atoms. The first-order valence-electron chi connectivity index (χ1n) is 8.55. The quantitative estimate of drug-likeness (QED) is 0.746. The number of amides is 2. The molecule has 3 rings (SSSR count). The molecule has 6 nitrogen and oxygen atoms in total. The summed E-state index contributed by atoms with van der Waals surface area (Å²) < 4.78 is 43.8. The van der Waals surface area contributed by atoms with Crippen LogP contribution in [0, 0.1) is 0 Å². The molecule has 0 radical (unpaired) electrons. The molecule has 1 unspecified atom stereocenters. The van der Waals surface area contributed by atoms with Crippen molar-refractivity contribution in [3.8, 4) is 0 Å². The molecule has 0 bridgehead atoms. The first kappa shape index (κ1) is 19.8. The summed E-state index contributed by atoms with van der Waals surface area (Å²) in [5.74, 6) is -1.01. The van der Waals surface area contributed by atoms with Gasteiger partial charge >= 0.3 is 6.18 Å². The van der Waals surface area contributed by atoms with Gasteiger partial charge in [-0.2, -0.15) is 13.2 Å². The lowest BCUT2D eigenvalue weighted by Crippen LogP contribution is -2.45. The van der Waals surface area contributed by atoms with E-state index in [2.05, 4.69) is 16.0 Å². The van der Waals surface area contributed by atoms with Gasteiger partial charge in [-0.1, -0.05) is 12.1 Å². The average molecular weight is 393 g/mol. The molecule has 2 amide bonds. The Bertz CT molecular complexity index is 865. The molecule has 1 aliphatic heterocycles. The second-order valence-corrected chi connectivity index (χ2v) is 6.17. The van der Waals surface area contributed by atoms with Crippen LogP contribution in [0.1, 0.15) is 15.9 Å².